The smallest absolute Gasteiger partial charge is 0.462 e. The summed E-state index contributed by atoms with van der Waals surface area (Å²) >= 11 is 0. The molecule has 0 aromatic carbocycles. The van der Waals surface area contributed by atoms with E-state index in [-0.39, 0.29) is 19.4 Å². The lowest BCUT2D eigenvalue weighted by Gasteiger charge is -2.18. The van der Waals surface area contributed by atoms with Gasteiger partial charge in [0, 0.05) is 12.8 Å². The summed E-state index contributed by atoms with van der Waals surface area (Å²) < 4.78 is 26.3. The third-order valence-corrected chi connectivity index (χ3v) is 8.72. The number of esters is 2. The second-order valence-electron chi connectivity index (χ2n) is 13.9. The van der Waals surface area contributed by atoms with Crippen molar-refractivity contribution in [1.29, 1.82) is 0 Å². The summed E-state index contributed by atoms with van der Waals surface area (Å²) in [5.41, 5.74) is 0. The van der Waals surface area contributed by atoms with Crippen molar-refractivity contribution < 1.29 is 37.9 Å². The summed E-state index contributed by atoms with van der Waals surface area (Å²) in [6.45, 7) is 8.29. The summed E-state index contributed by atoms with van der Waals surface area (Å²) in [6, 6.07) is 0. The molecule has 0 fully saturated rings. The van der Waals surface area contributed by atoms with Gasteiger partial charge >= 0.3 is 19.8 Å². The number of ether oxygens (including phenoxy) is 2. The van der Waals surface area contributed by atoms with Crippen molar-refractivity contribution in [2.45, 2.75) is 194 Å². The lowest BCUT2D eigenvalue weighted by molar-refractivity contribution is -0.161. The number of phosphoric ester groups is 1. The van der Waals surface area contributed by atoms with Gasteiger partial charge in [-0.15, -0.1) is 0 Å². The Balaban J connectivity index is 3.91. The molecule has 0 heterocycles. The van der Waals surface area contributed by atoms with Crippen LogP contribution in [0.5, 0.6) is 0 Å². The number of hydrogen-bond acceptors (Lipinski definition) is 6. The normalized spacial score (nSPS) is 12.6. The zero-order valence-corrected chi connectivity index (χ0v) is 30.5. The molecule has 0 amide bonds. The number of unbranched alkanes of at least 4 members (excludes halogenated alkanes) is 19. The topological polar surface area (TPSA) is 119 Å². The van der Waals surface area contributed by atoms with E-state index in [2.05, 4.69) is 32.2 Å². The molecule has 0 unspecified atom stereocenters. The van der Waals surface area contributed by atoms with Gasteiger partial charge in [0.2, 0.25) is 0 Å². The highest BCUT2D eigenvalue weighted by Gasteiger charge is 2.22. The fraction of sp³-hybridized carbons (Fsp3) is 0.944. The molecule has 0 rings (SSSR count). The van der Waals surface area contributed by atoms with Crippen molar-refractivity contribution in [3.63, 3.8) is 0 Å². The van der Waals surface area contributed by atoms with Gasteiger partial charge in [0.1, 0.15) is 6.61 Å². The van der Waals surface area contributed by atoms with Crippen LogP contribution in [-0.2, 0) is 28.2 Å². The third kappa shape index (κ3) is 35.7. The number of carbonyl (C=O) groups is 2. The van der Waals surface area contributed by atoms with Crippen LogP contribution in [0.3, 0.4) is 0 Å². The molecule has 0 saturated carbocycles. The van der Waals surface area contributed by atoms with Gasteiger partial charge in [-0.3, -0.25) is 14.1 Å². The minimum absolute atomic E-state index is 0.218. The number of phosphoric acid groups is 1. The molecule has 0 bridgehead atoms. The molecule has 0 aliphatic rings. The fourth-order valence-electron chi connectivity index (χ4n) is 5.45. The Bertz CT molecular complexity index is 737. The van der Waals surface area contributed by atoms with Gasteiger partial charge in [-0.25, -0.2) is 4.57 Å². The van der Waals surface area contributed by atoms with Crippen molar-refractivity contribution in [3.05, 3.63) is 0 Å². The van der Waals surface area contributed by atoms with Gasteiger partial charge in [0.25, 0.3) is 0 Å². The first kappa shape index (κ1) is 44.0. The molecule has 1 atom stereocenters. The molecule has 0 aliphatic carbocycles. The van der Waals surface area contributed by atoms with E-state index in [1.165, 1.54) is 103 Å². The van der Waals surface area contributed by atoms with E-state index < -0.39 is 32.5 Å². The second-order valence-corrected chi connectivity index (χ2v) is 15.1. The van der Waals surface area contributed by atoms with Gasteiger partial charge in [0.15, 0.2) is 6.10 Å². The lowest BCUT2D eigenvalue weighted by Crippen LogP contribution is -2.29. The van der Waals surface area contributed by atoms with Crippen molar-refractivity contribution in [2.75, 3.05) is 13.2 Å². The molecule has 45 heavy (non-hydrogen) atoms. The monoisotopic (exact) mass is 662 g/mol. The molecule has 0 aromatic rings. The molecule has 268 valence electrons. The Morgan fingerprint density at radius 3 is 1.20 bits per heavy atom. The SMILES string of the molecule is CC(C)CCCCCCCCCCCCCCCCC(=O)O[C@H](COC(=O)CCCCCCCCCC(C)C)COP(=O)(O)O. The predicted octanol–water partition coefficient (Wildman–Crippen LogP) is 10.6. The highest BCUT2D eigenvalue weighted by Crippen LogP contribution is 2.36. The number of hydrogen-bond donors (Lipinski definition) is 2. The van der Waals surface area contributed by atoms with Gasteiger partial charge in [-0.2, -0.15) is 0 Å². The molecular formula is C36H71O8P. The van der Waals surface area contributed by atoms with Gasteiger partial charge < -0.3 is 19.3 Å². The summed E-state index contributed by atoms with van der Waals surface area (Å²) in [6.07, 6.45) is 27.0. The molecule has 0 aliphatic heterocycles. The predicted molar refractivity (Wildman–Crippen MR) is 184 cm³/mol. The lowest BCUT2D eigenvalue weighted by atomic mass is 10.0. The van der Waals surface area contributed by atoms with Crippen molar-refractivity contribution in [3.8, 4) is 0 Å². The van der Waals surface area contributed by atoms with E-state index in [9.17, 15) is 14.2 Å². The van der Waals surface area contributed by atoms with Crippen molar-refractivity contribution in [2.24, 2.45) is 11.8 Å². The second kappa shape index (κ2) is 30.4. The van der Waals surface area contributed by atoms with Crippen LogP contribution in [0.2, 0.25) is 0 Å². The van der Waals surface area contributed by atoms with E-state index in [1.54, 1.807) is 0 Å². The molecule has 0 aromatic heterocycles. The first-order valence-electron chi connectivity index (χ1n) is 18.5. The van der Waals surface area contributed by atoms with Crippen LogP contribution in [0.1, 0.15) is 188 Å². The summed E-state index contributed by atoms with van der Waals surface area (Å²) in [7, 11) is -4.74. The van der Waals surface area contributed by atoms with Crippen LogP contribution in [0, 0.1) is 11.8 Å². The summed E-state index contributed by atoms with van der Waals surface area (Å²) in [5.74, 6) is 0.712. The number of carbonyl (C=O) groups excluding carboxylic acids is 2. The molecule has 0 spiro atoms. The van der Waals surface area contributed by atoms with E-state index in [0.717, 1.165) is 50.4 Å². The molecule has 8 nitrogen and oxygen atoms in total. The highest BCUT2D eigenvalue weighted by molar-refractivity contribution is 7.46. The molecular weight excluding hydrogens is 591 g/mol. The maximum Gasteiger partial charge on any atom is 0.469 e. The first-order chi connectivity index (χ1) is 21.5. The zero-order valence-electron chi connectivity index (χ0n) is 29.6. The van der Waals surface area contributed by atoms with Crippen LogP contribution in [-0.4, -0.2) is 41.0 Å². The molecule has 2 N–H and O–H groups in total. The maximum absolute atomic E-state index is 12.3. The van der Waals surface area contributed by atoms with Crippen LogP contribution in [0.25, 0.3) is 0 Å². The maximum atomic E-state index is 12.3. The van der Waals surface area contributed by atoms with E-state index in [0.29, 0.717) is 6.42 Å². The third-order valence-electron chi connectivity index (χ3n) is 8.23. The van der Waals surface area contributed by atoms with Crippen LogP contribution in [0.15, 0.2) is 0 Å². The largest absolute Gasteiger partial charge is 0.469 e. The Morgan fingerprint density at radius 1 is 0.511 bits per heavy atom. The Labute approximate surface area is 276 Å². The molecule has 0 saturated heterocycles. The molecule has 9 heteroatoms. The fourth-order valence-corrected chi connectivity index (χ4v) is 5.81. The Kier molecular flexibility index (Phi) is 29.7. The van der Waals surface area contributed by atoms with E-state index in [4.69, 9.17) is 19.3 Å². The van der Waals surface area contributed by atoms with E-state index >= 15 is 0 Å². The average molecular weight is 663 g/mol. The quantitative estimate of drug-likeness (QED) is 0.0405. The average Bonchev–Trinajstić information content (AvgIpc) is 2.96. The van der Waals surface area contributed by atoms with Crippen molar-refractivity contribution >= 4 is 19.8 Å². The van der Waals surface area contributed by atoms with Crippen molar-refractivity contribution in [1.82, 2.24) is 0 Å². The van der Waals surface area contributed by atoms with Gasteiger partial charge in [0.05, 0.1) is 6.61 Å². The first-order valence-corrected chi connectivity index (χ1v) is 20.1. The molecule has 0 radical (unpaired) electrons. The zero-order chi connectivity index (χ0) is 33.6. The van der Waals surface area contributed by atoms with Crippen LogP contribution in [0.4, 0.5) is 0 Å². The Hall–Kier alpha value is -0.950. The van der Waals surface area contributed by atoms with Crippen LogP contribution < -0.4 is 0 Å². The standard InChI is InChI=1S/C36H71O8P/c1-32(2)26-22-18-14-11-9-7-5-6-8-10-12-16-21-25-29-36(38)44-34(31-43-45(39,40)41)30-42-35(37)28-24-20-17-13-15-19-23-27-33(3)4/h32-34H,5-31H2,1-4H3,(H2,39,40,41)/t34-/m1/s1. The highest BCUT2D eigenvalue weighted by atomic mass is 31.2. The summed E-state index contributed by atoms with van der Waals surface area (Å²) in [5, 5.41) is 0. The van der Waals surface area contributed by atoms with E-state index in [1.807, 2.05) is 0 Å². The Morgan fingerprint density at radius 2 is 0.844 bits per heavy atom. The van der Waals surface area contributed by atoms with Crippen LogP contribution >= 0.6 is 7.82 Å². The van der Waals surface area contributed by atoms with Gasteiger partial charge in [-0.1, -0.05) is 163 Å². The van der Waals surface area contributed by atoms with Gasteiger partial charge in [-0.05, 0) is 24.7 Å². The number of rotatable bonds is 33. The minimum Gasteiger partial charge on any atom is -0.462 e. The minimum atomic E-state index is -4.74. The summed E-state index contributed by atoms with van der Waals surface area (Å²) in [4.78, 5) is 42.6.